The maximum Gasteiger partial charge on any atom is 0.337 e. The van der Waals surface area contributed by atoms with Gasteiger partial charge in [-0.2, -0.15) is 10.2 Å². The first-order valence-electron chi connectivity index (χ1n) is 6.93. The third-order valence-electron chi connectivity index (χ3n) is 3.82. The molecule has 4 N–H and O–H groups in total. The van der Waals surface area contributed by atoms with Gasteiger partial charge in [0.25, 0.3) is 0 Å². The number of carboxylic acid groups (broad SMARTS) is 4. The summed E-state index contributed by atoms with van der Waals surface area (Å²) in [6.07, 6.45) is 1.22. The zero-order chi connectivity index (χ0) is 19.2. The lowest BCUT2D eigenvalue weighted by molar-refractivity contribution is 0.0621. The highest BCUT2D eigenvalue weighted by atomic mass is 16.4. The van der Waals surface area contributed by atoms with E-state index in [0.29, 0.717) is 0 Å². The van der Waals surface area contributed by atoms with Crippen molar-refractivity contribution in [2.75, 3.05) is 0 Å². The molecule has 0 bridgehead atoms. The van der Waals surface area contributed by atoms with Crippen molar-refractivity contribution in [2.24, 2.45) is 0 Å². The number of fused-ring (bicyclic) bond motifs is 3. The molecule has 0 spiro atoms. The summed E-state index contributed by atoms with van der Waals surface area (Å²) < 4.78 is 0. The molecule has 2 aromatic carbocycles. The van der Waals surface area contributed by atoms with Gasteiger partial charge in [-0.3, -0.25) is 0 Å². The topological polar surface area (TPSA) is 175 Å². The average molecular weight is 356 g/mol. The molecule has 0 radical (unpaired) electrons. The van der Waals surface area contributed by atoms with Crippen molar-refractivity contribution in [1.82, 2.24) is 10.2 Å². The molecule has 0 saturated carbocycles. The molecule has 0 saturated heterocycles. The SMILES string of the molecule is O=C(O)c1c(C(=O)O)c(C(=O)O)c2c(ccc3nnccc32)c1C(=O)O. The fourth-order valence-corrected chi connectivity index (χ4v) is 2.92. The second kappa shape index (κ2) is 5.77. The molecule has 0 amide bonds. The number of aromatic carboxylic acids is 4. The fourth-order valence-electron chi connectivity index (χ4n) is 2.92. The van der Waals surface area contributed by atoms with E-state index in [9.17, 15) is 39.6 Å². The van der Waals surface area contributed by atoms with Crippen molar-refractivity contribution in [3.05, 3.63) is 46.6 Å². The Morgan fingerprint density at radius 2 is 1.19 bits per heavy atom. The summed E-state index contributed by atoms with van der Waals surface area (Å²) in [5, 5.41) is 45.0. The van der Waals surface area contributed by atoms with Gasteiger partial charge in [-0.05, 0) is 17.5 Å². The third kappa shape index (κ3) is 2.28. The molecule has 130 valence electrons. The minimum Gasteiger partial charge on any atom is -0.478 e. The lowest BCUT2D eigenvalue weighted by atomic mass is 9.87. The first kappa shape index (κ1) is 16.8. The molecule has 0 atom stereocenters. The Balaban J connectivity index is 2.80. The van der Waals surface area contributed by atoms with Gasteiger partial charge in [0.15, 0.2) is 0 Å². The number of carbonyl (C=O) groups is 4. The molecule has 0 unspecified atom stereocenters. The van der Waals surface area contributed by atoms with Crippen LogP contribution in [0, 0.1) is 0 Å². The van der Waals surface area contributed by atoms with E-state index in [1.165, 1.54) is 24.4 Å². The molecular formula is C16H8N2O8. The zero-order valence-electron chi connectivity index (χ0n) is 12.6. The van der Waals surface area contributed by atoms with Gasteiger partial charge in [-0.25, -0.2) is 19.2 Å². The quantitative estimate of drug-likeness (QED) is 0.502. The van der Waals surface area contributed by atoms with Gasteiger partial charge in [-0.15, -0.1) is 0 Å². The molecule has 1 heterocycles. The molecule has 0 aliphatic rings. The fraction of sp³-hybridized carbons (Fsp3) is 0. The summed E-state index contributed by atoms with van der Waals surface area (Å²) in [6, 6.07) is 3.87. The average Bonchev–Trinajstić information content (AvgIpc) is 2.58. The molecule has 0 aliphatic carbocycles. The van der Waals surface area contributed by atoms with Crippen LogP contribution < -0.4 is 0 Å². The lowest BCUT2D eigenvalue weighted by Gasteiger charge is -2.15. The Morgan fingerprint density at radius 1 is 0.654 bits per heavy atom. The minimum absolute atomic E-state index is 0.136. The first-order chi connectivity index (χ1) is 12.3. The highest BCUT2D eigenvalue weighted by molar-refractivity contribution is 6.27. The van der Waals surface area contributed by atoms with Crippen LogP contribution in [0.2, 0.25) is 0 Å². The maximum absolute atomic E-state index is 11.8. The van der Waals surface area contributed by atoms with E-state index in [4.69, 9.17) is 0 Å². The van der Waals surface area contributed by atoms with Gasteiger partial charge in [0, 0.05) is 10.8 Å². The summed E-state index contributed by atoms with van der Waals surface area (Å²) in [5.74, 6) is -7.15. The molecule has 1 aromatic heterocycles. The van der Waals surface area contributed by atoms with E-state index >= 15 is 0 Å². The Bertz CT molecular complexity index is 1150. The van der Waals surface area contributed by atoms with Crippen LogP contribution in [0.4, 0.5) is 0 Å². The highest BCUT2D eigenvalue weighted by Gasteiger charge is 2.34. The molecule has 3 rings (SSSR count). The van der Waals surface area contributed by atoms with Crippen LogP contribution in [0.5, 0.6) is 0 Å². The van der Waals surface area contributed by atoms with Crippen molar-refractivity contribution in [2.45, 2.75) is 0 Å². The molecule has 26 heavy (non-hydrogen) atoms. The molecule has 10 nitrogen and oxygen atoms in total. The third-order valence-corrected chi connectivity index (χ3v) is 3.82. The predicted molar refractivity (Wildman–Crippen MR) is 84.9 cm³/mol. The summed E-state index contributed by atoms with van der Waals surface area (Å²) in [5.41, 5.74) is -3.66. The minimum atomic E-state index is -1.87. The summed E-state index contributed by atoms with van der Waals surface area (Å²) in [7, 11) is 0. The van der Waals surface area contributed by atoms with Crippen LogP contribution in [0.1, 0.15) is 41.4 Å². The van der Waals surface area contributed by atoms with E-state index in [0.717, 1.165) is 0 Å². The standard InChI is InChI=1S/C16H8N2O8/c19-13(20)9-6-1-2-7-5(3-4-17-18-7)8(6)10(14(21)22)12(16(25)26)11(9)15(23)24/h1-4H,(H,19,20)(H,21,22)(H,23,24)(H,25,26). The Morgan fingerprint density at radius 3 is 1.73 bits per heavy atom. The zero-order valence-corrected chi connectivity index (χ0v) is 12.6. The van der Waals surface area contributed by atoms with E-state index in [2.05, 4.69) is 10.2 Å². The molecule has 0 aliphatic heterocycles. The van der Waals surface area contributed by atoms with Crippen LogP contribution in [0.25, 0.3) is 21.7 Å². The smallest absolute Gasteiger partial charge is 0.337 e. The monoisotopic (exact) mass is 356 g/mol. The van der Waals surface area contributed by atoms with Gasteiger partial charge in [-0.1, -0.05) is 6.07 Å². The van der Waals surface area contributed by atoms with Crippen molar-refractivity contribution in [3.63, 3.8) is 0 Å². The number of aromatic nitrogens is 2. The molecule has 10 heteroatoms. The summed E-state index contributed by atoms with van der Waals surface area (Å²) in [4.78, 5) is 46.8. The number of benzene rings is 2. The van der Waals surface area contributed by atoms with Gasteiger partial charge in [0.1, 0.15) is 0 Å². The number of nitrogens with zero attached hydrogens (tertiary/aromatic N) is 2. The number of carboxylic acids is 4. The second-order valence-corrected chi connectivity index (χ2v) is 5.17. The van der Waals surface area contributed by atoms with Crippen LogP contribution >= 0.6 is 0 Å². The van der Waals surface area contributed by atoms with Gasteiger partial charge in [0.2, 0.25) is 0 Å². The van der Waals surface area contributed by atoms with E-state index in [-0.39, 0.29) is 21.7 Å². The largest absolute Gasteiger partial charge is 0.478 e. The van der Waals surface area contributed by atoms with Crippen molar-refractivity contribution in [3.8, 4) is 0 Å². The van der Waals surface area contributed by atoms with E-state index in [1.807, 2.05) is 0 Å². The van der Waals surface area contributed by atoms with Crippen LogP contribution in [-0.4, -0.2) is 54.5 Å². The number of hydrogen-bond acceptors (Lipinski definition) is 6. The van der Waals surface area contributed by atoms with Gasteiger partial charge >= 0.3 is 23.9 Å². The summed E-state index contributed by atoms with van der Waals surface area (Å²) in [6.45, 7) is 0. The van der Waals surface area contributed by atoms with Crippen molar-refractivity contribution >= 4 is 45.6 Å². The molecular weight excluding hydrogens is 348 g/mol. The Labute approximate surface area is 142 Å². The second-order valence-electron chi connectivity index (χ2n) is 5.17. The van der Waals surface area contributed by atoms with E-state index in [1.54, 1.807) is 0 Å². The predicted octanol–water partition coefficient (Wildman–Crippen LogP) is 1.58. The first-order valence-corrected chi connectivity index (χ1v) is 6.93. The van der Waals surface area contributed by atoms with Crippen LogP contribution in [0.15, 0.2) is 24.4 Å². The Kier molecular flexibility index (Phi) is 3.72. The normalized spacial score (nSPS) is 10.8. The Hall–Kier alpha value is -4.08. The van der Waals surface area contributed by atoms with Crippen LogP contribution in [0.3, 0.4) is 0 Å². The van der Waals surface area contributed by atoms with Crippen molar-refractivity contribution < 1.29 is 39.6 Å². The summed E-state index contributed by atoms with van der Waals surface area (Å²) >= 11 is 0. The maximum atomic E-state index is 11.8. The highest BCUT2D eigenvalue weighted by Crippen LogP contribution is 2.35. The molecule has 0 fully saturated rings. The van der Waals surface area contributed by atoms with Gasteiger partial charge < -0.3 is 20.4 Å². The van der Waals surface area contributed by atoms with E-state index < -0.39 is 46.1 Å². The molecule has 3 aromatic rings. The van der Waals surface area contributed by atoms with Crippen LogP contribution in [-0.2, 0) is 0 Å². The number of hydrogen-bond donors (Lipinski definition) is 4. The van der Waals surface area contributed by atoms with Gasteiger partial charge in [0.05, 0.1) is 34.0 Å². The lowest BCUT2D eigenvalue weighted by Crippen LogP contribution is -2.20. The number of rotatable bonds is 4. The van der Waals surface area contributed by atoms with Crippen molar-refractivity contribution in [1.29, 1.82) is 0 Å².